The molecular weight excluding hydrogens is 268 g/mol. The molecule has 0 spiro atoms. The molecule has 0 saturated carbocycles. The van der Waals surface area contributed by atoms with E-state index < -0.39 is 0 Å². The lowest BCUT2D eigenvalue weighted by atomic mass is 10.1. The second-order valence-electron chi connectivity index (χ2n) is 4.24. The fourth-order valence-corrected chi connectivity index (χ4v) is 2.19. The molecule has 0 radical (unpaired) electrons. The molecule has 3 nitrogen and oxygen atoms in total. The van der Waals surface area contributed by atoms with Gasteiger partial charge in [0.15, 0.2) is 0 Å². The van der Waals surface area contributed by atoms with Gasteiger partial charge < -0.3 is 10.2 Å². The zero-order chi connectivity index (χ0) is 11.5. The van der Waals surface area contributed by atoms with E-state index in [-0.39, 0.29) is 11.8 Å². The number of hydrogen-bond acceptors (Lipinski definition) is 2. The van der Waals surface area contributed by atoms with Gasteiger partial charge in [-0.15, -0.1) is 0 Å². The minimum Gasteiger partial charge on any atom is -0.326 e. The third-order valence-corrected chi connectivity index (χ3v) is 3.40. The highest BCUT2D eigenvalue weighted by Crippen LogP contribution is 2.18. The maximum Gasteiger partial charge on any atom is 0.228 e. The lowest BCUT2D eigenvalue weighted by molar-refractivity contribution is -0.119. The minimum atomic E-state index is 0.131. The highest BCUT2D eigenvalue weighted by atomic mass is 79.9. The number of nitrogens with one attached hydrogen (secondary N) is 1. The number of anilines is 1. The second kappa shape index (κ2) is 4.97. The molecule has 1 unspecified atom stereocenters. The number of halogens is 1. The van der Waals surface area contributed by atoms with Gasteiger partial charge in [-0.1, -0.05) is 15.9 Å². The third kappa shape index (κ3) is 2.83. The Hall–Kier alpha value is -0.870. The molecule has 2 rings (SSSR count). The number of hydrogen-bond donors (Lipinski definition) is 1. The van der Waals surface area contributed by atoms with E-state index in [4.69, 9.17) is 0 Å². The molecule has 1 fully saturated rings. The van der Waals surface area contributed by atoms with Gasteiger partial charge in [-0.2, -0.15) is 0 Å². The maximum absolute atomic E-state index is 11.9. The van der Waals surface area contributed by atoms with Crippen LogP contribution in [0.25, 0.3) is 0 Å². The van der Waals surface area contributed by atoms with Crippen molar-refractivity contribution in [3.8, 4) is 0 Å². The van der Waals surface area contributed by atoms with Crippen LogP contribution in [0.5, 0.6) is 0 Å². The Morgan fingerprint density at radius 1 is 1.44 bits per heavy atom. The Bertz CT molecular complexity index is 377. The summed E-state index contributed by atoms with van der Waals surface area (Å²) in [6.07, 6.45) is 0.957. The van der Waals surface area contributed by atoms with E-state index in [1.165, 1.54) is 0 Å². The monoisotopic (exact) mass is 282 g/mol. The zero-order valence-corrected chi connectivity index (χ0v) is 10.8. The van der Waals surface area contributed by atoms with Crippen molar-refractivity contribution >= 4 is 27.5 Å². The van der Waals surface area contributed by atoms with Crippen LogP contribution < -0.4 is 5.32 Å². The van der Waals surface area contributed by atoms with Gasteiger partial charge in [-0.25, -0.2) is 0 Å². The summed E-state index contributed by atoms with van der Waals surface area (Å²) >= 11 is 3.37. The summed E-state index contributed by atoms with van der Waals surface area (Å²) in [5.41, 5.74) is 0.864. The van der Waals surface area contributed by atoms with Crippen molar-refractivity contribution < 1.29 is 4.79 Å². The molecule has 1 aliphatic rings. The summed E-state index contributed by atoms with van der Waals surface area (Å²) < 4.78 is 1.02. The Labute approximate surface area is 104 Å². The Morgan fingerprint density at radius 3 is 2.69 bits per heavy atom. The summed E-state index contributed by atoms with van der Waals surface area (Å²) in [5, 5.41) is 2.95. The van der Waals surface area contributed by atoms with Crippen molar-refractivity contribution in [1.29, 1.82) is 0 Å². The summed E-state index contributed by atoms with van der Waals surface area (Å²) in [5.74, 6) is 0.264. The lowest BCUT2D eigenvalue weighted by Crippen LogP contribution is -2.25. The van der Waals surface area contributed by atoms with E-state index in [9.17, 15) is 4.79 Å². The Kier molecular flexibility index (Phi) is 3.61. The van der Waals surface area contributed by atoms with Crippen LogP contribution in [-0.4, -0.2) is 30.9 Å². The first-order chi connectivity index (χ1) is 7.65. The van der Waals surface area contributed by atoms with Crippen LogP contribution in [-0.2, 0) is 4.79 Å². The van der Waals surface area contributed by atoms with Crippen molar-refractivity contribution in [2.24, 2.45) is 5.92 Å². The topological polar surface area (TPSA) is 32.3 Å². The van der Waals surface area contributed by atoms with Crippen molar-refractivity contribution in [1.82, 2.24) is 4.90 Å². The number of benzene rings is 1. The molecular formula is C12H15BrN2O. The molecule has 0 aromatic heterocycles. The molecule has 0 aliphatic carbocycles. The maximum atomic E-state index is 11.9. The van der Waals surface area contributed by atoms with Crippen molar-refractivity contribution in [2.45, 2.75) is 6.42 Å². The first kappa shape index (κ1) is 11.6. The molecule has 1 amide bonds. The molecule has 0 bridgehead atoms. The highest BCUT2D eigenvalue weighted by molar-refractivity contribution is 9.10. The SMILES string of the molecule is CN1CCC(C(=O)Nc2ccc(Br)cc2)C1. The van der Waals surface area contributed by atoms with Gasteiger partial charge in [0.05, 0.1) is 5.92 Å². The average molecular weight is 283 g/mol. The number of nitrogens with zero attached hydrogens (tertiary/aromatic N) is 1. The Balaban J connectivity index is 1.94. The van der Waals surface area contributed by atoms with Crippen LogP contribution in [0.2, 0.25) is 0 Å². The molecule has 1 atom stereocenters. The van der Waals surface area contributed by atoms with Crippen LogP contribution >= 0.6 is 15.9 Å². The average Bonchev–Trinajstić information content (AvgIpc) is 2.68. The van der Waals surface area contributed by atoms with Crippen LogP contribution in [0.1, 0.15) is 6.42 Å². The van der Waals surface area contributed by atoms with Gasteiger partial charge in [0, 0.05) is 16.7 Å². The quantitative estimate of drug-likeness (QED) is 0.903. The van der Waals surface area contributed by atoms with Gasteiger partial charge in [-0.3, -0.25) is 4.79 Å². The van der Waals surface area contributed by atoms with Gasteiger partial charge in [0.1, 0.15) is 0 Å². The van der Waals surface area contributed by atoms with E-state index in [2.05, 4.69) is 26.1 Å². The molecule has 1 aliphatic heterocycles. The van der Waals surface area contributed by atoms with Crippen molar-refractivity contribution in [3.05, 3.63) is 28.7 Å². The van der Waals surface area contributed by atoms with Crippen LogP contribution in [0.3, 0.4) is 0 Å². The van der Waals surface area contributed by atoms with Gasteiger partial charge >= 0.3 is 0 Å². The van der Waals surface area contributed by atoms with Crippen LogP contribution in [0.4, 0.5) is 5.69 Å². The molecule has 1 N–H and O–H groups in total. The predicted molar refractivity (Wildman–Crippen MR) is 68.4 cm³/mol. The molecule has 4 heteroatoms. The molecule has 1 saturated heterocycles. The normalized spacial score (nSPS) is 21.0. The van der Waals surface area contributed by atoms with Crippen LogP contribution in [0, 0.1) is 5.92 Å². The van der Waals surface area contributed by atoms with E-state index >= 15 is 0 Å². The van der Waals surface area contributed by atoms with Crippen molar-refractivity contribution in [3.63, 3.8) is 0 Å². The standard InChI is InChI=1S/C12H15BrN2O/c1-15-7-6-9(8-15)12(16)14-11-4-2-10(13)3-5-11/h2-5,9H,6-8H2,1H3,(H,14,16). The summed E-state index contributed by atoms with van der Waals surface area (Å²) in [7, 11) is 2.05. The number of rotatable bonds is 2. The van der Waals surface area contributed by atoms with E-state index in [1.807, 2.05) is 31.3 Å². The van der Waals surface area contributed by atoms with E-state index in [0.29, 0.717) is 0 Å². The number of carbonyl (C=O) groups is 1. The molecule has 1 heterocycles. The number of carbonyl (C=O) groups excluding carboxylic acids is 1. The second-order valence-corrected chi connectivity index (χ2v) is 5.16. The van der Waals surface area contributed by atoms with E-state index in [1.54, 1.807) is 0 Å². The first-order valence-corrected chi connectivity index (χ1v) is 6.19. The summed E-state index contributed by atoms with van der Waals surface area (Å²) in [6.45, 7) is 1.88. The van der Waals surface area contributed by atoms with Crippen LogP contribution in [0.15, 0.2) is 28.7 Å². The first-order valence-electron chi connectivity index (χ1n) is 5.40. The predicted octanol–water partition coefficient (Wildman–Crippen LogP) is 2.34. The molecule has 1 aromatic rings. The smallest absolute Gasteiger partial charge is 0.228 e. The van der Waals surface area contributed by atoms with Gasteiger partial charge in [-0.05, 0) is 44.3 Å². The van der Waals surface area contributed by atoms with Crippen molar-refractivity contribution in [2.75, 3.05) is 25.5 Å². The largest absolute Gasteiger partial charge is 0.326 e. The van der Waals surface area contributed by atoms with Gasteiger partial charge in [0.25, 0.3) is 0 Å². The zero-order valence-electron chi connectivity index (χ0n) is 9.24. The summed E-state index contributed by atoms with van der Waals surface area (Å²) in [6, 6.07) is 7.66. The lowest BCUT2D eigenvalue weighted by Gasteiger charge is -2.11. The fourth-order valence-electron chi connectivity index (χ4n) is 1.93. The fraction of sp³-hybridized carbons (Fsp3) is 0.417. The highest BCUT2D eigenvalue weighted by Gasteiger charge is 2.25. The van der Waals surface area contributed by atoms with Gasteiger partial charge in [0.2, 0.25) is 5.91 Å². The summed E-state index contributed by atoms with van der Waals surface area (Å²) in [4.78, 5) is 14.1. The van der Waals surface area contributed by atoms with E-state index in [0.717, 1.165) is 29.7 Å². The molecule has 16 heavy (non-hydrogen) atoms. The number of amides is 1. The minimum absolute atomic E-state index is 0.131. The molecule has 1 aromatic carbocycles. The molecule has 86 valence electrons. The third-order valence-electron chi connectivity index (χ3n) is 2.87. The number of likely N-dealkylation sites (tertiary alicyclic amines) is 1. The Morgan fingerprint density at radius 2 is 2.12 bits per heavy atom.